The highest BCUT2D eigenvalue weighted by molar-refractivity contribution is 5.80. The van der Waals surface area contributed by atoms with Crippen molar-refractivity contribution in [2.24, 2.45) is 0 Å². The zero-order valence-corrected chi connectivity index (χ0v) is 20.7. The first-order valence-electron chi connectivity index (χ1n) is 12.7. The number of furan rings is 1. The highest BCUT2D eigenvalue weighted by Gasteiger charge is 2.33. The third-order valence-corrected chi connectivity index (χ3v) is 7.13. The van der Waals surface area contributed by atoms with Gasteiger partial charge in [-0.1, -0.05) is 31.2 Å². The van der Waals surface area contributed by atoms with Crippen LogP contribution < -0.4 is 10.5 Å². The first kappa shape index (κ1) is 23.2. The van der Waals surface area contributed by atoms with Crippen LogP contribution in [0.25, 0.3) is 10.9 Å². The van der Waals surface area contributed by atoms with Crippen LogP contribution in [0.2, 0.25) is 0 Å². The molecule has 1 atom stereocenters. The minimum Gasteiger partial charge on any atom is -0.467 e. The van der Waals surface area contributed by atoms with Crippen LogP contribution in [0.1, 0.15) is 35.7 Å². The van der Waals surface area contributed by atoms with E-state index < -0.39 is 6.04 Å². The summed E-state index contributed by atoms with van der Waals surface area (Å²) in [7, 11) is 0. The first-order valence-corrected chi connectivity index (χ1v) is 12.7. The summed E-state index contributed by atoms with van der Waals surface area (Å²) in [4.78, 5) is 21.3. The van der Waals surface area contributed by atoms with Crippen LogP contribution in [0.5, 0.6) is 0 Å². The highest BCUT2D eigenvalue weighted by atomic mass is 16.3. The predicted molar refractivity (Wildman–Crippen MR) is 142 cm³/mol. The normalized spacial score (nSPS) is 15.3. The number of nitrogens with one attached hydrogen (secondary N) is 1. The minimum atomic E-state index is -0.402. The number of para-hydroxylation sites is 1. The van der Waals surface area contributed by atoms with Crippen LogP contribution in [0.15, 0.2) is 82.2 Å². The second kappa shape index (κ2) is 10.0. The number of rotatable bonds is 7. The molecule has 1 saturated heterocycles. The van der Waals surface area contributed by atoms with Crippen LogP contribution in [-0.2, 0) is 13.0 Å². The summed E-state index contributed by atoms with van der Waals surface area (Å²) >= 11 is 0. The first-order chi connectivity index (χ1) is 18.2. The Labute approximate surface area is 214 Å². The Morgan fingerprint density at radius 2 is 1.84 bits per heavy atom. The number of aromatic amines is 1. The number of H-pyrrole nitrogens is 1. The number of anilines is 1. The predicted octanol–water partition coefficient (Wildman–Crippen LogP) is 3.63. The molecule has 1 aliphatic rings. The van der Waals surface area contributed by atoms with Gasteiger partial charge in [-0.3, -0.25) is 9.69 Å². The van der Waals surface area contributed by atoms with Gasteiger partial charge < -0.3 is 14.3 Å². The van der Waals surface area contributed by atoms with E-state index in [1.54, 1.807) is 10.9 Å². The molecule has 9 heteroatoms. The Hall–Kier alpha value is -4.24. The highest BCUT2D eigenvalue weighted by Crippen LogP contribution is 2.29. The van der Waals surface area contributed by atoms with E-state index in [9.17, 15) is 4.79 Å². The van der Waals surface area contributed by atoms with Gasteiger partial charge in [-0.05, 0) is 70.3 Å². The second-order valence-electron chi connectivity index (χ2n) is 9.36. The maximum atomic E-state index is 13.5. The van der Waals surface area contributed by atoms with E-state index in [2.05, 4.69) is 73.6 Å². The van der Waals surface area contributed by atoms with Crippen molar-refractivity contribution in [1.29, 1.82) is 0 Å². The molecule has 0 spiro atoms. The van der Waals surface area contributed by atoms with Crippen molar-refractivity contribution < 1.29 is 4.42 Å². The third-order valence-electron chi connectivity index (χ3n) is 7.13. The topological polar surface area (TPSA) is 96.1 Å². The molecule has 3 aromatic heterocycles. The molecular weight excluding hydrogens is 466 g/mol. The van der Waals surface area contributed by atoms with Crippen molar-refractivity contribution in [2.45, 2.75) is 25.9 Å². The molecule has 0 bridgehead atoms. The number of piperazine rings is 1. The van der Waals surface area contributed by atoms with Gasteiger partial charge in [-0.25, -0.2) is 4.68 Å². The molecule has 9 nitrogen and oxygen atoms in total. The summed E-state index contributed by atoms with van der Waals surface area (Å²) < 4.78 is 7.29. The van der Waals surface area contributed by atoms with Gasteiger partial charge in [-0.2, -0.15) is 0 Å². The number of nitrogens with zero attached hydrogens (tertiary/aromatic N) is 6. The standard InChI is InChI=1S/C28H29N7O2/c1-2-20-10-11-25-21(17-20)18-24(28(36)29-25)26(27-30-31-32-35(27)19-23-9-6-16-37-23)34-14-12-33(13-15-34)22-7-4-3-5-8-22/h3-11,16-18,26H,2,12-15,19H2,1H3,(H,29,36)/t26-/m1/s1. The zero-order chi connectivity index (χ0) is 25.2. The Kier molecular flexibility index (Phi) is 6.28. The van der Waals surface area contributed by atoms with Gasteiger partial charge in [0.05, 0.1) is 6.26 Å². The van der Waals surface area contributed by atoms with Gasteiger partial charge in [0.15, 0.2) is 5.82 Å². The molecule has 0 radical (unpaired) electrons. The Balaban J connectivity index is 1.40. The average Bonchev–Trinajstić information content (AvgIpc) is 3.63. The van der Waals surface area contributed by atoms with Crippen LogP contribution in [-0.4, -0.2) is 56.3 Å². The average molecular weight is 496 g/mol. The summed E-state index contributed by atoms with van der Waals surface area (Å²) in [6, 6.07) is 22.0. The van der Waals surface area contributed by atoms with E-state index in [1.165, 1.54) is 11.3 Å². The monoisotopic (exact) mass is 495 g/mol. The maximum absolute atomic E-state index is 13.5. The van der Waals surface area contributed by atoms with Crippen molar-refractivity contribution in [3.05, 3.63) is 106 Å². The fourth-order valence-corrected chi connectivity index (χ4v) is 5.14. The number of tetrazole rings is 1. The molecule has 188 valence electrons. The van der Waals surface area contributed by atoms with Crippen LogP contribution in [0, 0.1) is 0 Å². The molecular formula is C28H29N7O2. The molecule has 37 heavy (non-hydrogen) atoms. The molecule has 1 N–H and O–H groups in total. The van der Waals surface area contributed by atoms with Gasteiger partial charge in [-0.15, -0.1) is 5.10 Å². The van der Waals surface area contributed by atoms with Gasteiger partial charge in [0, 0.05) is 42.9 Å². The Morgan fingerprint density at radius 3 is 2.59 bits per heavy atom. The fourth-order valence-electron chi connectivity index (χ4n) is 5.14. The number of hydrogen-bond donors (Lipinski definition) is 1. The summed E-state index contributed by atoms with van der Waals surface area (Å²) in [5.74, 6) is 1.38. The minimum absolute atomic E-state index is 0.125. The smallest absolute Gasteiger partial charge is 0.253 e. The second-order valence-corrected chi connectivity index (χ2v) is 9.36. The fraction of sp³-hybridized carbons (Fsp3) is 0.286. The van der Waals surface area contributed by atoms with Crippen molar-refractivity contribution in [2.75, 3.05) is 31.1 Å². The van der Waals surface area contributed by atoms with Crippen LogP contribution >= 0.6 is 0 Å². The van der Waals surface area contributed by atoms with Gasteiger partial charge in [0.1, 0.15) is 18.3 Å². The number of benzene rings is 2. The van der Waals surface area contributed by atoms with Gasteiger partial charge in [0.2, 0.25) is 0 Å². The number of aromatic nitrogens is 5. The van der Waals surface area contributed by atoms with E-state index in [0.29, 0.717) is 17.9 Å². The SMILES string of the molecule is CCc1ccc2[nH]c(=O)c([C@H](c3nnnn3Cc3ccco3)N3CCN(c4ccccc4)CC3)cc2c1. The summed E-state index contributed by atoms with van der Waals surface area (Å²) in [6.45, 7) is 5.73. The third kappa shape index (κ3) is 4.65. The van der Waals surface area contributed by atoms with Crippen molar-refractivity contribution in [1.82, 2.24) is 30.1 Å². The molecule has 0 amide bonds. The number of hydrogen-bond acceptors (Lipinski definition) is 7. The lowest BCUT2D eigenvalue weighted by atomic mass is 10.0. The lowest BCUT2D eigenvalue weighted by Crippen LogP contribution is -2.49. The molecule has 1 fully saturated rings. The summed E-state index contributed by atoms with van der Waals surface area (Å²) in [5.41, 5.74) is 3.77. The molecule has 6 rings (SSSR count). The van der Waals surface area contributed by atoms with E-state index in [0.717, 1.165) is 49.3 Å². The zero-order valence-electron chi connectivity index (χ0n) is 20.7. The van der Waals surface area contributed by atoms with E-state index in [1.807, 2.05) is 30.3 Å². The lowest BCUT2D eigenvalue weighted by molar-refractivity contribution is 0.200. The summed E-state index contributed by atoms with van der Waals surface area (Å²) in [6.07, 6.45) is 2.57. The van der Waals surface area contributed by atoms with E-state index >= 15 is 0 Å². The molecule has 1 aliphatic heterocycles. The van der Waals surface area contributed by atoms with Gasteiger partial charge >= 0.3 is 0 Å². The van der Waals surface area contributed by atoms with Crippen molar-refractivity contribution in [3.8, 4) is 0 Å². The van der Waals surface area contributed by atoms with Crippen LogP contribution in [0.3, 0.4) is 0 Å². The largest absolute Gasteiger partial charge is 0.467 e. The van der Waals surface area contributed by atoms with Crippen molar-refractivity contribution in [3.63, 3.8) is 0 Å². The molecule has 4 heterocycles. The molecule has 5 aromatic rings. The molecule has 0 unspecified atom stereocenters. The number of aryl methyl sites for hydroxylation is 1. The lowest BCUT2D eigenvalue weighted by Gasteiger charge is -2.39. The number of pyridine rings is 1. The quantitative estimate of drug-likeness (QED) is 0.368. The Bertz CT molecular complexity index is 1530. The van der Waals surface area contributed by atoms with E-state index in [-0.39, 0.29) is 5.56 Å². The molecule has 2 aromatic carbocycles. The van der Waals surface area contributed by atoms with Gasteiger partial charge in [0.25, 0.3) is 5.56 Å². The molecule has 0 saturated carbocycles. The van der Waals surface area contributed by atoms with E-state index in [4.69, 9.17) is 4.42 Å². The summed E-state index contributed by atoms with van der Waals surface area (Å²) in [5, 5.41) is 13.7. The van der Waals surface area contributed by atoms with Crippen molar-refractivity contribution >= 4 is 16.6 Å². The Morgan fingerprint density at radius 1 is 1.00 bits per heavy atom. The van der Waals surface area contributed by atoms with Crippen LogP contribution in [0.4, 0.5) is 5.69 Å². The number of fused-ring (bicyclic) bond motifs is 1. The molecule has 0 aliphatic carbocycles. The maximum Gasteiger partial charge on any atom is 0.253 e.